The van der Waals surface area contributed by atoms with Gasteiger partial charge in [-0.1, -0.05) is 35.5 Å². The van der Waals surface area contributed by atoms with Gasteiger partial charge in [0.15, 0.2) is 0 Å². The zero-order valence-electron chi connectivity index (χ0n) is 10.4. The van der Waals surface area contributed by atoms with E-state index in [0.29, 0.717) is 12.7 Å². The van der Waals surface area contributed by atoms with Crippen LogP contribution in [0.5, 0.6) is 0 Å². The van der Waals surface area contributed by atoms with Gasteiger partial charge in [-0.3, -0.25) is 0 Å². The van der Waals surface area contributed by atoms with Gasteiger partial charge in [0.1, 0.15) is 12.2 Å². The lowest BCUT2D eigenvalue weighted by Gasteiger charge is -2.17. The molecule has 0 radical (unpaired) electrons. The first kappa shape index (κ1) is 12.1. The van der Waals surface area contributed by atoms with Crippen LogP contribution in [0, 0.1) is 0 Å². The summed E-state index contributed by atoms with van der Waals surface area (Å²) in [4.78, 5) is 5.27. The van der Waals surface area contributed by atoms with Crippen molar-refractivity contribution in [2.24, 2.45) is 5.16 Å². The highest BCUT2D eigenvalue weighted by atomic mass is 16.6. The van der Waals surface area contributed by atoms with E-state index in [1.807, 2.05) is 37.3 Å². The van der Waals surface area contributed by atoms with Gasteiger partial charge < -0.3 is 9.57 Å². The SMILES string of the molecule is CC1CCC(C)(/C=N/OCc2ccccc2)O1. The molecule has 1 aliphatic heterocycles. The van der Waals surface area contributed by atoms with Gasteiger partial charge in [-0.25, -0.2) is 0 Å². The highest BCUT2D eigenvalue weighted by Crippen LogP contribution is 2.28. The van der Waals surface area contributed by atoms with Gasteiger partial charge in [-0.05, 0) is 32.3 Å². The smallest absolute Gasteiger partial charge is 0.142 e. The summed E-state index contributed by atoms with van der Waals surface area (Å²) >= 11 is 0. The number of hydrogen-bond acceptors (Lipinski definition) is 3. The Bertz CT molecular complexity index is 377. The molecule has 1 fully saturated rings. The topological polar surface area (TPSA) is 30.8 Å². The van der Waals surface area contributed by atoms with Crippen LogP contribution in [0.4, 0.5) is 0 Å². The molecule has 0 saturated carbocycles. The van der Waals surface area contributed by atoms with Crippen molar-refractivity contribution in [3.05, 3.63) is 35.9 Å². The average Bonchev–Trinajstić information content (AvgIpc) is 2.67. The number of hydrogen-bond donors (Lipinski definition) is 0. The largest absolute Gasteiger partial charge is 0.391 e. The van der Waals surface area contributed by atoms with E-state index in [0.717, 1.165) is 18.4 Å². The third kappa shape index (κ3) is 3.56. The minimum atomic E-state index is -0.254. The normalized spacial score (nSPS) is 28.7. The lowest BCUT2D eigenvalue weighted by atomic mass is 10.0. The summed E-state index contributed by atoms with van der Waals surface area (Å²) < 4.78 is 5.77. The highest BCUT2D eigenvalue weighted by Gasteiger charge is 2.32. The maximum Gasteiger partial charge on any atom is 0.142 e. The highest BCUT2D eigenvalue weighted by molar-refractivity contribution is 5.67. The third-order valence-electron chi connectivity index (χ3n) is 2.99. The molecular formula is C14H19NO2. The van der Waals surface area contributed by atoms with Crippen molar-refractivity contribution in [3.8, 4) is 0 Å². The summed E-state index contributed by atoms with van der Waals surface area (Å²) in [6.45, 7) is 4.64. The van der Waals surface area contributed by atoms with E-state index in [-0.39, 0.29) is 5.60 Å². The maximum atomic E-state index is 5.77. The first-order valence-electron chi connectivity index (χ1n) is 6.06. The van der Waals surface area contributed by atoms with Crippen LogP contribution < -0.4 is 0 Å². The van der Waals surface area contributed by atoms with E-state index in [9.17, 15) is 0 Å². The standard InChI is InChI=1S/C14H19NO2/c1-12-8-9-14(2,17-12)11-15-16-10-13-6-4-3-5-7-13/h3-7,11-12H,8-10H2,1-2H3/b15-11+. The predicted molar refractivity (Wildman–Crippen MR) is 67.9 cm³/mol. The molecule has 2 atom stereocenters. The number of benzene rings is 1. The van der Waals surface area contributed by atoms with E-state index in [4.69, 9.17) is 9.57 Å². The minimum absolute atomic E-state index is 0.254. The van der Waals surface area contributed by atoms with Crippen molar-refractivity contribution in [3.63, 3.8) is 0 Å². The molecule has 0 N–H and O–H groups in total. The molecule has 3 heteroatoms. The molecule has 1 aliphatic rings. The predicted octanol–water partition coefficient (Wildman–Crippen LogP) is 3.15. The Morgan fingerprint density at radius 1 is 1.47 bits per heavy atom. The van der Waals surface area contributed by atoms with Crippen molar-refractivity contribution >= 4 is 6.21 Å². The molecule has 0 aromatic heterocycles. The van der Waals surface area contributed by atoms with Gasteiger partial charge in [0.25, 0.3) is 0 Å². The minimum Gasteiger partial charge on any atom is -0.391 e. The van der Waals surface area contributed by atoms with Gasteiger partial charge in [-0.2, -0.15) is 0 Å². The lowest BCUT2D eigenvalue weighted by Crippen LogP contribution is -2.26. The average molecular weight is 233 g/mol. The first-order valence-corrected chi connectivity index (χ1v) is 6.06. The van der Waals surface area contributed by atoms with Crippen LogP contribution in [0.15, 0.2) is 35.5 Å². The van der Waals surface area contributed by atoms with E-state index < -0.39 is 0 Å². The van der Waals surface area contributed by atoms with Crippen molar-refractivity contribution < 1.29 is 9.57 Å². The Hall–Kier alpha value is -1.35. The van der Waals surface area contributed by atoms with Gasteiger partial charge in [0, 0.05) is 0 Å². The van der Waals surface area contributed by atoms with Crippen LogP contribution >= 0.6 is 0 Å². The molecular weight excluding hydrogens is 214 g/mol. The molecule has 3 nitrogen and oxygen atoms in total. The summed E-state index contributed by atoms with van der Waals surface area (Å²) in [6.07, 6.45) is 4.19. The Labute approximate surface area is 102 Å². The van der Waals surface area contributed by atoms with E-state index in [1.54, 1.807) is 6.21 Å². The second-order valence-electron chi connectivity index (χ2n) is 4.77. The zero-order chi connectivity index (χ0) is 12.1. The molecule has 2 unspecified atom stereocenters. The fourth-order valence-electron chi connectivity index (χ4n) is 2.00. The van der Waals surface area contributed by atoms with E-state index in [1.165, 1.54) is 0 Å². The summed E-state index contributed by atoms with van der Waals surface area (Å²) in [5, 5.41) is 4.00. The van der Waals surface area contributed by atoms with Crippen LogP contribution in [0.1, 0.15) is 32.3 Å². The number of ether oxygens (including phenoxy) is 1. The van der Waals surface area contributed by atoms with Crippen molar-refractivity contribution in [2.45, 2.75) is 45.0 Å². The molecule has 0 spiro atoms. The second-order valence-corrected chi connectivity index (χ2v) is 4.77. The molecule has 0 aliphatic carbocycles. The molecule has 0 amide bonds. The summed E-state index contributed by atoms with van der Waals surface area (Å²) in [5.74, 6) is 0. The second kappa shape index (κ2) is 5.32. The van der Waals surface area contributed by atoms with Crippen LogP contribution in [-0.2, 0) is 16.2 Å². The first-order chi connectivity index (χ1) is 8.18. The molecule has 1 heterocycles. The molecule has 0 bridgehead atoms. The van der Waals surface area contributed by atoms with E-state index in [2.05, 4.69) is 12.1 Å². The third-order valence-corrected chi connectivity index (χ3v) is 2.99. The summed E-state index contributed by atoms with van der Waals surface area (Å²) in [7, 11) is 0. The summed E-state index contributed by atoms with van der Waals surface area (Å²) in [6, 6.07) is 10.0. The quantitative estimate of drug-likeness (QED) is 0.591. The van der Waals surface area contributed by atoms with Crippen molar-refractivity contribution in [1.29, 1.82) is 0 Å². The molecule has 92 valence electrons. The maximum absolute atomic E-state index is 5.77. The molecule has 1 saturated heterocycles. The fourth-order valence-corrected chi connectivity index (χ4v) is 2.00. The molecule has 17 heavy (non-hydrogen) atoms. The Morgan fingerprint density at radius 3 is 2.88 bits per heavy atom. The molecule has 2 rings (SSSR count). The number of oxime groups is 1. The van der Waals surface area contributed by atoms with Gasteiger partial charge in [0.2, 0.25) is 0 Å². The van der Waals surface area contributed by atoms with Gasteiger partial charge >= 0.3 is 0 Å². The van der Waals surface area contributed by atoms with Crippen LogP contribution in [0.2, 0.25) is 0 Å². The monoisotopic (exact) mass is 233 g/mol. The Morgan fingerprint density at radius 2 is 2.24 bits per heavy atom. The van der Waals surface area contributed by atoms with Crippen molar-refractivity contribution in [1.82, 2.24) is 0 Å². The Kier molecular flexibility index (Phi) is 3.79. The number of rotatable bonds is 4. The lowest BCUT2D eigenvalue weighted by molar-refractivity contribution is 0.0268. The van der Waals surface area contributed by atoms with Crippen LogP contribution in [0.25, 0.3) is 0 Å². The van der Waals surface area contributed by atoms with Crippen LogP contribution in [0.3, 0.4) is 0 Å². The Balaban J connectivity index is 1.79. The molecule has 1 aromatic carbocycles. The van der Waals surface area contributed by atoms with Crippen LogP contribution in [-0.4, -0.2) is 17.9 Å². The zero-order valence-corrected chi connectivity index (χ0v) is 10.4. The van der Waals surface area contributed by atoms with Gasteiger partial charge in [-0.15, -0.1) is 0 Å². The number of nitrogens with zero attached hydrogens (tertiary/aromatic N) is 1. The summed E-state index contributed by atoms with van der Waals surface area (Å²) in [5.41, 5.74) is 0.867. The van der Waals surface area contributed by atoms with Crippen molar-refractivity contribution in [2.75, 3.05) is 0 Å². The fraction of sp³-hybridized carbons (Fsp3) is 0.500. The van der Waals surface area contributed by atoms with Gasteiger partial charge in [0.05, 0.1) is 12.3 Å². The molecule has 1 aromatic rings. The van der Waals surface area contributed by atoms with E-state index >= 15 is 0 Å².